The van der Waals surface area contributed by atoms with Gasteiger partial charge in [-0.05, 0) is 50.3 Å². The molecule has 0 aromatic heterocycles. The normalized spacial score (nSPS) is 19.4. The smallest absolute Gasteiger partial charge is 0.315 e. The van der Waals surface area contributed by atoms with Crippen molar-refractivity contribution in [3.63, 3.8) is 0 Å². The molecule has 1 atom stereocenters. The van der Waals surface area contributed by atoms with Gasteiger partial charge in [0, 0.05) is 17.6 Å². The highest BCUT2D eigenvalue weighted by Crippen LogP contribution is 2.30. The number of rotatable bonds is 5. The topological polar surface area (TPSA) is 70.2 Å². The number of carbonyl (C=O) groups excluding carboxylic acids is 2. The zero-order chi connectivity index (χ0) is 16.9. The average molecular weight is 329 g/mol. The Bertz CT molecular complexity index is 575. The van der Waals surface area contributed by atoms with Crippen molar-refractivity contribution in [2.75, 3.05) is 5.32 Å². The highest BCUT2D eigenvalue weighted by atomic mass is 16.2. The Balaban J connectivity index is 1.47. The van der Waals surface area contributed by atoms with Crippen molar-refractivity contribution in [1.29, 1.82) is 0 Å². The first-order valence-electron chi connectivity index (χ1n) is 9.09. The molecule has 3 amide bonds. The van der Waals surface area contributed by atoms with Crippen LogP contribution in [0.1, 0.15) is 63.5 Å². The maximum absolute atomic E-state index is 12.1. The van der Waals surface area contributed by atoms with Crippen molar-refractivity contribution in [2.24, 2.45) is 5.92 Å². The van der Waals surface area contributed by atoms with Crippen LogP contribution < -0.4 is 16.0 Å². The van der Waals surface area contributed by atoms with Gasteiger partial charge >= 0.3 is 6.03 Å². The first kappa shape index (κ1) is 16.8. The summed E-state index contributed by atoms with van der Waals surface area (Å²) in [5, 5.41) is 8.99. The van der Waals surface area contributed by atoms with Crippen LogP contribution in [0.2, 0.25) is 0 Å². The van der Waals surface area contributed by atoms with Crippen LogP contribution in [0.4, 0.5) is 10.5 Å². The third kappa shape index (κ3) is 4.73. The van der Waals surface area contributed by atoms with E-state index in [4.69, 9.17) is 0 Å². The second-order valence-electron chi connectivity index (χ2n) is 7.06. The largest absolute Gasteiger partial charge is 0.335 e. The van der Waals surface area contributed by atoms with Crippen LogP contribution in [0.5, 0.6) is 0 Å². The molecule has 2 saturated carbocycles. The second kappa shape index (κ2) is 7.69. The maximum atomic E-state index is 12.1. The Morgan fingerprint density at radius 1 is 1.00 bits per heavy atom. The SMILES string of the molecule is C[C@H](NC(=O)NC1CCCCC1)c1ccc(NC(=O)C2CC2)cc1. The maximum Gasteiger partial charge on any atom is 0.315 e. The average Bonchev–Trinajstić information content (AvgIpc) is 3.41. The highest BCUT2D eigenvalue weighted by molar-refractivity contribution is 5.94. The summed E-state index contributed by atoms with van der Waals surface area (Å²) in [5.41, 5.74) is 1.84. The molecule has 0 saturated heterocycles. The Kier molecular flexibility index (Phi) is 5.38. The zero-order valence-corrected chi connectivity index (χ0v) is 14.3. The van der Waals surface area contributed by atoms with Gasteiger partial charge in [-0.15, -0.1) is 0 Å². The Morgan fingerprint density at radius 3 is 2.29 bits per heavy atom. The molecule has 1 aromatic rings. The number of carbonyl (C=O) groups is 2. The number of hydrogen-bond acceptors (Lipinski definition) is 2. The number of nitrogens with one attached hydrogen (secondary N) is 3. The first-order valence-corrected chi connectivity index (χ1v) is 9.09. The third-order valence-corrected chi connectivity index (χ3v) is 4.91. The molecule has 5 nitrogen and oxygen atoms in total. The lowest BCUT2D eigenvalue weighted by Crippen LogP contribution is -2.43. The van der Waals surface area contributed by atoms with E-state index in [2.05, 4.69) is 16.0 Å². The third-order valence-electron chi connectivity index (χ3n) is 4.91. The molecule has 0 unspecified atom stereocenters. The molecule has 0 radical (unpaired) electrons. The Hall–Kier alpha value is -2.04. The minimum absolute atomic E-state index is 0.0678. The predicted molar refractivity (Wildman–Crippen MR) is 94.8 cm³/mol. The van der Waals surface area contributed by atoms with E-state index in [1.165, 1.54) is 19.3 Å². The van der Waals surface area contributed by atoms with E-state index in [1.54, 1.807) is 0 Å². The zero-order valence-electron chi connectivity index (χ0n) is 14.3. The molecule has 3 rings (SSSR count). The molecule has 3 N–H and O–H groups in total. The molecule has 0 heterocycles. The fraction of sp³-hybridized carbons (Fsp3) is 0.579. The molecular formula is C19H27N3O2. The van der Waals surface area contributed by atoms with Gasteiger partial charge in [-0.25, -0.2) is 4.79 Å². The van der Waals surface area contributed by atoms with Gasteiger partial charge in [-0.2, -0.15) is 0 Å². The molecule has 5 heteroatoms. The van der Waals surface area contributed by atoms with E-state index in [9.17, 15) is 9.59 Å². The molecule has 130 valence electrons. The first-order chi connectivity index (χ1) is 11.6. The predicted octanol–water partition coefficient (Wildman–Crippen LogP) is 3.73. The van der Waals surface area contributed by atoms with E-state index in [1.807, 2.05) is 31.2 Å². The van der Waals surface area contributed by atoms with E-state index in [-0.39, 0.29) is 23.9 Å². The summed E-state index contributed by atoms with van der Waals surface area (Å²) >= 11 is 0. The van der Waals surface area contributed by atoms with E-state index in [0.717, 1.165) is 36.9 Å². The summed E-state index contributed by atoms with van der Waals surface area (Å²) in [6, 6.07) is 7.84. The fourth-order valence-electron chi connectivity index (χ4n) is 3.20. The summed E-state index contributed by atoms with van der Waals surface area (Å²) in [4.78, 5) is 23.9. The minimum Gasteiger partial charge on any atom is -0.335 e. The minimum atomic E-state index is -0.0967. The van der Waals surface area contributed by atoms with Crippen molar-refractivity contribution in [2.45, 2.75) is 64.0 Å². The van der Waals surface area contributed by atoms with Gasteiger partial charge < -0.3 is 16.0 Å². The van der Waals surface area contributed by atoms with Gasteiger partial charge in [0.2, 0.25) is 5.91 Å². The van der Waals surface area contributed by atoms with Crippen LogP contribution in [0.3, 0.4) is 0 Å². The molecular weight excluding hydrogens is 302 g/mol. The number of amides is 3. The fourth-order valence-corrected chi connectivity index (χ4v) is 3.20. The van der Waals surface area contributed by atoms with Gasteiger partial charge in [-0.1, -0.05) is 31.4 Å². The van der Waals surface area contributed by atoms with Crippen molar-refractivity contribution in [3.8, 4) is 0 Å². The molecule has 0 aliphatic heterocycles. The van der Waals surface area contributed by atoms with Gasteiger partial charge in [0.1, 0.15) is 0 Å². The van der Waals surface area contributed by atoms with Gasteiger partial charge in [-0.3, -0.25) is 4.79 Å². The molecule has 0 spiro atoms. The number of benzene rings is 1. The van der Waals surface area contributed by atoms with Gasteiger partial charge in [0.05, 0.1) is 6.04 Å². The van der Waals surface area contributed by atoms with Gasteiger partial charge in [0.15, 0.2) is 0 Å². The van der Waals surface area contributed by atoms with Crippen molar-refractivity contribution >= 4 is 17.6 Å². The highest BCUT2D eigenvalue weighted by Gasteiger charge is 2.29. The van der Waals surface area contributed by atoms with Crippen LogP contribution in [0.15, 0.2) is 24.3 Å². The van der Waals surface area contributed by atoms with Crippen molar-refractivity contribution in [3.05, 3.63) is 29.8 Å². The summed E-state index contributed by atoms with van der Waals surface area (Å²) in [5.74, 6) is 0.314. The summed E-state index contributed by atoms with van der Waals surface area (Å²) in [6.07, 6.45) is 7.85. The summed E-state index contributed by atoms with van der Waals surface area (Å²) in [6.45, 7) is 1.97. The van der Waals surface area contributed by atoms with E-state index < -0.39 is 0 Å². The van der Waals surface area contributed by atoms with Crippen molar-refractivity contribution < 1.29 is 9.59 Å². The Morgan fingerprint density at radius 2 is 1.67 bits per heavy atom. The van der Waals surface area contributed by atoms with Crippen LogP contribution in [-0.4, -0.2) is 18.0 Å². The van der Waals surface area contributed by atoms with Crippen LogP contribution >= 0.6 is 0 Å². The lowest BCUT2D eigenvalue weighted by molar-refractivity contribution is -0.117. The molecule has 24 heavy (non-hydrogen) atoms. The van der Waals surface area contributed by atoms with Crippen molar-refractivity contribution in [1.82, 2.24) is 10.6 Å². The van der Waals surface area contributed by atoms with E-state index >= 15 is 0 Å². The monoisotopic (exact) mass is 329 g/mol. The lowest BCUT2D eigenvalue weighted by Gasteiger charge is -2.24. The quantitative estimate of drug-likeness (QED) is 0.770. The van der Waals surface area contributed by atoms with Gasteiger partial charge in [0.25, 0.3) is 0 Å². The van der Waals surface area contributed by atoms with E-state index in [0.29, 0.717) is 6.04 Å². The lowest BCUT2D eigenvalue weighted by atomic mass is 9.96. The molecule has 1 aromatic carbocycles. The van der Waals surface area contributed by atoms with Crippen LogP contribution in [-0.2, 0) is 4.79 Å². The standard InChI is InChI=1S/C19H27N3O2/c1-13(20-19(24)22-16-5-3-2-4-6-16)14-9-11-17(12-10-14)21-18(23)15-7-8-15/h9-13,15-16H,2-8H2,1H3,(H,21,23)(H2,20,22,24)/t13-/m0/s1. The summed E-state index contributed by atoms with van der Waals surface area (Å²) in [7, 11) is 0. The van der Waals surface area contributed by atoms with Crippen LogP contribution in [0, 0.1) is 5.92 Å². The molecule has 0 bridgehead atoms. The molecule has 2 aliphatic rings. The Labute approximate surface area is 143 Å². The number of urea groups is 1. The molecule has 2 aliphatic carbocycles. The number of hydrogen-bond donors (Lipinski definition) is 3. The summed E-state index contributed by atoms with van der Waals surface area (Å²) < 4.78 is 0. The number of anilines is 1. The van der Waals surface area contributed by atoms with Crippen LogP contribution in [0.25, 0.3) is 0 Å². The molecule has 2 fully saturated rings. The second-order valence-corrected chi connectivity index (χ2v) is 7.06.